The maximum Gasteiger partial charge on any atom is 0.186 e. The van der Waals surface area contributed by atoms with E-state index in [1.165, 1.54) is 6.33 Å². The lowest BCUT2D eigenvalue weighted by Crippen LogP contribution is -2.17. The topological polar surface area (TPSA) is 41.1 Å². The van der Waals surface area contributed by atoms with Gasteiger partial charge in [-0.15, -0.1) is 0 Å². The minimum absolute atomic E-state index is 0.311. The zero-order chi connectivity index (χ0) is 12.0. The molecule has 0 fully saturated rings. The maximum absolute atomic E-state index is 13.7. The van der Waals surface area contributed by atoms with Crippen LogP contribution in [-0.2, 0) is 6.42 Å². The van der Waals surface area contributed by atoms with Crippen LogP contribution in [0, 0.1) is 5.82 Å². The van der Waals surface area contributed by atoms with Gasteiger partial charge in [0.05, 0.1) is 5.69 Å². The van der Waals surface area contributed by atoms with Crippen LogP contribution in [0.2, 0.25) is 0 Å². The van der Waals surface area contributed by atoms with E-state index < -0.39 is 0 Å². The highest BCUT2D eigenvalue weighted by Crippen LogP contribution is 2.12. The molecule has 1 N–H and O–H groups in total. The summed E-state index contributed by atoms with van der Waals surface area (Å²) in [6.07, 6.45) is 2.94. The number of nitrogens with zero attached hydrogens (tertiary/aromatic N) is 3. The molecule has 0 aliphatic heterocycles. The second-order valence-corrected chi connectivity index (χ2v) is 3.92. The average molecular weight is 226 g/mol. The van der Waals surface area contributed by atoms with Crippen LogP contribution in [0.3, 0.4) is 0 Å². The van der Waals surface area contributed by atoms with Gasteiger partial charge >= 0.3 is 0 Å². The van der Waals surface area contributed by atoms with Gasteiger partial charge in [-0.1, -0.05) is 6.92 Å². The van der Waals surface area contributed by atoms with Gasteiger partial charge in [-0.3, -0.25) is 0 Å². The summed E-state index contributed by atoms with van der Waals surface area (Å²) in [5.74, 6) is -0.0135. The summed E-state index contributed by atoms with van der Waals surface area (Å²) in [7, 11) is 4.03. The molecule has 1 aromatic heterocycles. The molecule has 1 heterocycles. The van der Waals surface area contributed by atoms with E-state index >= 15 is 0 Å². The highest BCUT2D eigenvalue weighted by Gasteiger charge is 2.08. The standard InChI is InChI=1S/C11H19FN4/c1-4-9-10(12)11(15-8-14-9)13-6-5-7-16(2)3/h8H,4-7H2,1-3H3,(H,13,14,15). The van der Waals surface area contributed by atoms with Crippen molar-refractivity contribution in [3.63, 3.8) is 0 Å². The molecule has 16 heavy (non-hydrogen) atoms. The number of rotatable bonds is 6. The zero-order valence-electron chi connectivity index (χ0n) is 10.1. The highest BCUT2D eigenvalue weighted by molar-refractivity contribution is 5.37. The average Bonchev–Trinajstić information content (AvgIpc) is 2.26. The molecular formula is C11H19FN4. The van der Waals surface area contributed by atoms with Crippen molar-refractivity contribution in [2.45, 2.75) is 19.8 Å². The van der Waals surface area contributed by atoms with Crippen LogP contribution in [0.5, 0.6) is 0 Å². The fourth-order valence-corrected chi connectivity index (χ4v) is 1.38. The van der Waals surface area contributed by atoms with Gasteiger partial charge in [0.1, 0.15) is 6.33 Å². The third-order valence-electron chi connectivity index (χ3n) is 2.27. The maximum atomic E-state index is 13.7. The van der Waals surface area contributed by atoms with Crippen LogP contribution in [0.25, 0.3) is 0 Å². The lowest BCUT2D eigenvalue weighted by molar-refractivity contribution is 0.405. The molecule has 90 valence electrons. The van der Waals surface area contributed by atoms with Crippen LogP contribution in [0.15, 0.2) is 6.33 Å². The fraction of sp³-hybridized carbons (Fsp3) is 0.636. The Hall–Kier alpha value is -1.23. The van der Waals surface area contributed by atoms with Gasteiger partial charge in [0.15, 0.2) is 11.6 Å². The third kappa shape index (κ3) is 3.73. The lowest BCUT2D eigenvalue weighted by Gasteiger charge is -2.11. The number of hydrogen-bond acceptors (Lipinski definition) is 4. The van der Waals surface area contributed by atoms with E-state index in [0.29, 0.717) is 17.9 Å². The van der Waals surface area contributed by atoms with Gasteiger partial charge in [-0.25, -0.2) is 14.4 Å². The van der Waals surface area contributed by atoms with E-state index in [-0.39, 0.29) is 5.82 Å². The van der Waals surface area contributed by atoms with E-state index in [1.54, 1.807) is 0 Å². The minimum atomic E-state index is -0.324. The van der Waals surface area contributed by atoms with E-state index in [1.807, 2.05) is 21.0 Å². The molecular weight excluding hydrogens is 207 g/mol. The lowest BCUT2D eigenvalue weighted by atomic mass is 10.3. The third-order valence-corrected chi connectivity index (χ3v) is 2.27. The Morgan fingerprint density at radius 1 is 1.38 bits per heavy atom. The Labute approximate surface area is 95.9 Å². The van der Waals surface area contributed by atoms with Crippen LogP contribution in [0.4, 0.5) is 10.2 Å². The molecule has 0 aliphatic rings. The van der Waals surface area contributed by atoms with Crippen molar-refractivity contribution in [2.75, 3.05) is 32.5 Å². The van der Waals surface area contributed by atoms with Crippen LogP contribution in [0.1, 0.15) is 19.0 Å². The summed E-state index contributed by atoms with van der Waals surface area (Å²) in [6, 6.07) is 0. The summed E-state index contributed by atoms with van der Waals surface area (Å²) in [5, 5.41) is 2.99. The predicted molar refractivity (Wildman–Crippen MR) is 63.0 cm³/mol. The Morgan fingerprint density at radius 2 is 2.12 bits per heavy atom. The summed E-state index contributed by atoms with van der Waals surface area (Å²) in [5.41, 5.74) is 0.463. The quantitative estimate of drug-likeness (QED) is 0.747. The first-order valence-corrected chi connectivity index (χ1v) is 5.53. The molecule has 5 heteroatoms. The highest BCUT2D eigenvalue weighted by atomic mass is 19.1. The van der Waals surface area contributed by atoms with Crippen molar-refractivity contribution in [1.82, 2.24) is 14.9 Å². The Kier molecular flexibility index (Phi) is 5.11. The van der Waals surface area contributed by atoms with E-state index in [0.717, 1.165) is 19.5 Å². The van der Waals surface area contributed by atoms with Crippen LogP contribution in [-0.4, -0.2) is 42.1 Å². The van der Waals surface area contributed by atoms with Crippen molar-refractivity contribution >= 4 is 5.82 Å². The molecule has 0 aromatic carbocycles. The second-order valence-electron chi connectivity index (χ2n) is 3.92. The number of hydrogen-bond donors (Lipinski definition) is 1. The normalized spacial score (nSPS) is 10.8. The summed E-state index contributed by atoms with van der Waals surface area (Å²) < 4.78 is 13.7. The Bertz CT molecular complexity index is 328. The number of halogens is 1. The molecule has 0 bridgehead atoms. The number of aryl methyl sites for hydroxylation is 1. The first kappa shape index (κ1) is 12.8. The van der Waals surface area contributed by atoms with E-state index in [2.05, 4.69) is 20.2 Å². The van der Waals surface area contributed by atoms with Crippen LogP contribution < -0.4 is 5.32 Å². The van der Waals surface area contributed by atoms with Crippen molar-refractivity contribution < 1.29 is 4.39 Å². The monoisotopic (exact) mass is 226 g/mol. The molecule has 0 aliphatic carbocycles. The molecule has 4 nitrogen and oxygen atoms in total. The Morgan fingerprint density at radius 3 is 2.75 bits per heavy atom. The van der Waals surface area contributed by atoms with Gasteiger partial charge < -0.3 is 10.2 Å². The Balaban J connectivity index is 2.47. The van der Waals surface area contributed by atoms with Crippen molar-refractivity contribution in [2.24, 2.45) is 0 Å². The molecule has 0 amide bonds. The molecule has 1 aromatic rings. The van der Waals surface area contributed by atoms with Crippen molar-refractivity contribution in [3.8, 4) is 0 Å². The van der Waals surface area contributed by atoms with Gasteiger partial charge in [0.25, 0.3) is 0 Å². The largest absolute Gasteiger partial charge is 0.367 e. The van der Waals surface area contributed by atoms with Crippen LogP contribution >= 0.6 is 0 Å². The molecule has 0 spiro atoms. The summed E-state index contributed by atoms with van der Waals surface area (Å²) in [4.78, 5) is 9.87. The smallest absolute Gasteiger partial charge is 0.186 e. The molecule has 0 atom stereocenters. The zero-order valence-corrected chi connectivity index (χ0v) is 10.1. The molecule has 0 unspecified atom stereocenters. The van der Waals surface area contributed by atoms with Crippen molar-refractivity contribution in [3.05, 3.63) is 17.8 Å². The van der Waals surface area contributed by atoms with Gasteiger partial charge in [-0.05, 0) is 33.5 Å². The molecule has 1 rings (SSSR count). The van der Waals surface area contributed by atoms with Crippen molar-refractivity contribution in [1.29, 1.82) is 0 Å². The second kappa shape index (κ2) is 6.37. The summed E-state index contributed by atoms with van der Waals surface area (Å²) >= 11 is 0. The fourth-order valence-electron chi connectivity index (χ4n) is 1.38. The first-order chi connectivity index (χ1) is 7.65. The predicted octanol–water partition coefficient (Wildman–Crippen LogP) is 1.54. The minimum Gasteiger partial charge on any atom is -0.367 e. The first-order valence-electron chi connectivity index (χ1n) is 5.53. The number of nitrogens with one attached hydrogen (secondary N) is 1. The molecule has 0 saturated carbocycles. The van der Waals surface area contributed by atoms with Gasteiger partial charge in [0.2, 0.25) is 0 Å². The van der Waals surface area contributed by atoms with E-state index in [9.17, 15) is 4.39 Å². The summed E-state index contributed by atoms with van der Waals surface area (Å²) in [6.45, 7) is 3.57. The number of aromatic nitrogens is 2. The van der Waals surface area contributed by atoms with Gasteiger partial charge in [-0.2, -0.15) is 0 Å². The number of anilines is 1. The SMILES string of the molecule is CCc1ncnc(NCCCN(C)C)c1F. The van der Waals surface area contributed by atoms with Gasteiger partial charge in [0, 0.05) is 6.54 Å². The molecule has 0 saturated heterocycles. The molecule has 0 radical (unpaired) electrons. The van der Waals surface area contributed by atoms with E-state index in [4.69, 9.17) is 0 Å².